The van der Waals surface area contributed by atoms with Gasteiger partial charge in [0.05, 0.1) is 6.04 Å². The maximum atomic E-state index is 12.6. The van der Waals surface area contributed by atoms with Gasteiger partial charge in [0.25, 0.3) is 5.91 Å². The van der Waals surface area contributed by atoms with Crippen LogP contribution in [0.25, 0.3) is 5.03 Å². The van der Waals surface area contributed by atoms with Gasteiger partial charge in [0, 0.05) is 17.1 Å². The molecule has 3 heteroatoms. The van der Waals surface area contributed by atoms with Gasteiger partial charge in [-0.15, -0.1) is 0 Å². The summed E-state index contributed by atoms with van der Waals surface area (Å²) in [6.45, 7) is 0.806. The number of piperidine rings is 1. The van der Waals surface area contributed by atoms with Crippen molar-refractivity contribution in [3.63, 3.8) is 0 Å². The van der Waals surface area contributed by atoms with E-state index in [-0.39, 0.29) is 11.9 Å². The van der Waals surface area contributed by atoms with E-state index in [2.05, 4.69) is 6.07 Å². The summed E-state index contributed by atoms with van der Waals surface area (Å²) < 4.78 is 0. The smallest absolute Gasteiger partial charge is 0.254 e. The average molecular weight is 310 g/mol. The molecule has 2 aliphatic rings. The Balaban J connectivity index is 1.87. The summed E-state index contributed by atoms with van der Waals surface area (Å²) in [6, 6.07) is 17.9. The third kappa shape index (κ3) is 1.98. The normalized spacial score (nSPS) is 22.3. The SMILES string of the molecule is O=C1c2ccccc2C2/C(=C(/Cl)c3ccccc3)CCCN12. The van der Waals surface area contributed by atoms with Crippen LogP contribution in [0.15, 0.2) is 60.2 Å². The summed E-state index contributed by atoms with van der Waals surface area (Å²) in [7, 11) is 0. The van der Waals surface area contributed by atoms with Crippen molar-refractivity contribution in [1.29, 1.82) is 0 Å². The largest absolute Gasteiger partial charge is 0.328 e. The molecular formula is C19H16ClNO. The number of amides is 1. The second-order valence-electron chi connectivity index (χ2n) is 5.80. The minimum atomic E-state index is 0.00477. The maximum Gasteiger partial charge on any atom is 0.254 e. The molecular weight excluding hydrogens is 294 g/mol. The van der Waals surface area contributed by atoms with E-state index in [1.807, 2.05) is 53.4 Å². The molecule has 1 fully saturated rings. The fraction of sp³-hybridized carbons (Fsp3) is 0.211. The number of rotatable bonds is 1. The van der Waals surface area contributed by atoms with Crippen LogP contribution in [0.1, 0.15) is 40.4 Å². The molecule has 2 aliphatic heterocycles. The second-order valence-corrected chi connectivity index (χ2v) is 6.18. The Labute approximate surface area is 135 Å². The Morgan fingerprint density at radius 2 is 1.77 bits per heavy atom. The lowest BCUT2D eigenvalue weighted by Gasteiger charge is -2.33. The van der Waals surface area contributed by atoms with Crippen LogP contribution in [0.3, 0.4) is 0 Å². The summed E-state index contributed by atoms with van der Waals surface area (Å²) in [4.78, 5) is 14.6. The fourth-order valence-electron chi connectivity index (χ4n) is 3.55. The Hall–Kier alpha value is -2.06. The lowest BCUT2D eigenvalue weighted by molar-refractivity contribution is 0.0722. The number of hydrogen-bond acceptors (Lipinski definition) is 1. The van der Waals surface area contributed by atoms with Crippen molar-refractivity contribution in [2.24, 2.45) is 0 Å². The summed E-state index contributed by atoms with van der Waals surface area (Å²) in [5.41, 5.74) is 4.11. The zero-order chi connectivity index (χ0) is 15.1. The number of hydrogen-bond donors (Lipinski definition) is 0. The standard InChI is InChI=1S/C19H16ClNO/c20-17(13-7-2-1-3-8-13)16-11-6-12-21-18(16)14-9-4-5-10-15(14)19(21)22/h1-5,7-10,18H,6,11-12H2/b17-16+. The van der Waals surface area contributed by atoms with E-state index in [1.54, 1.807) is 0 Å². The van der Waals surface area contributed by atoms with Crippen LogP contribution in [-0.4, -0.2) is 17.4 Å². The molecule has 0 aromatic heterocycles. The Morgan fingerprint density at radius 1 is 1.05 bits per heavy atom. The van der Waals surface area contributed by atoms with E-state index in [0.29, 0.717) is 0 Å². The van der Waals surface area contributed by atoms with Gasteiger partial charge in [-0.25, -0.2) is 0 Å². The third-order valence-corrected chi connectivity index (χ3v) is 5.00. The molecule has 0 spiro atoms. The second kappa shape index (κ2) is 5.29. The van der Waals surface area contributed by atoms with E-state index in [4.69, 9.17) is 11.6 Å². The molecule has 4 rings (SSSR count). The van der Waals surface area contributed by atoms with Gasteiger partial charge in [0.15, 0.2) is 0 Å². The number of benzene rings is 2. The number of carbonyl (C=O) groups excluding carboxylic acids is 1. The zero-order valence-corrected chi connectivity index (χ0v) is 12.9. The van der Waals surface area contributed by atoms with Crippen molar-refractivity contribution in [3.8, 4) is 0 Å². The number of halogens is 1. The van der Waals surface area contributed by atoms with Crippen LogP contribution in [0.2, 0.25) is 0 Å². The molecule has 0 N–H and O–H groups in total. The minimum Gasteiger partial charge on any atom is -0.328 e. The highest BCUT2D eigenvalue weighted by Gasteiger charge is 2.41. The Kier molecular flexibility index (Phi) is 3.27. The van der Waals surface area contributed by atoms with Crippen LogP contribution < -0.4 is 0 Å². The molecule has 0 radical (unpaired) electrons. The molecule has 1 saturated heterocycles. The molecule has 2 aromatic rings. The predicted octanol–water partition coefficient (Wildman–Crippen LogP) is 4.63. The monoisotopic (exact) mass is 309 g/mol. The fourth-order valence-corrected chi connectivity index (χ4v) is 3.88. The molecule has 2 aromatic carbocycles. The minimum absolute atomic E-state index is 0.00477. The number of carbonyl (C=O) groups is 1. The molecule has 0 bridgehead atoms. The Morgan fingerprint density at radius 3 is 2.59 bits per heavy atom. The van der Waals surface area contributed by atoms with Gasteiger partial charge in [-0.2, -0.15) is 0 Å². The van der Waals surface area contributed by atoms with E-state index in [9.17, 15) is 4.79 Å². The van der Waals surface area contributed by atoms with Gasteiger partial charge >= 0.3 is 0 Å². The molecule has 1 amide bonds. The Bertz CT molecular complexity index is 766. The van der Waals surface area contributed by atoms with Crippen molar-refractivity contribution < 1.29 is 4.79 Å². The van der Waals surface area contributed by atoms with E-state index >= 15 is 0 Å². The van der Waals surface area contributed by atoms with E-state index in [0.717, 1.165) is 46.7 Å². The molecule has 22 heavy (non-hydrogen) atoms. The predicted molar refractivity (Wildman–Crippen MR) is 88.7 cm³/mol. The quantitative estimate of drug-likeness (QED) is 0.752. The molecule has 0 saturated carbocycles. The summed E-state index contributed by atoms with van der Waals surface area (Å²) in [6.07, 6.45) is 1.91. The molecule has 1 atom stereocenters. The van der Waals surface area contributed by atoms with Crippen LogP contribution in [0.5, 0.6) is 0 Å². The van der Waals surface area contributed by atoms with Crippen molar-refractivity contribution in [2.75, 3.05) is 6.54 Å². The first kappa shape index (κ1) is 13.6. The average Bonchev–Trinajstić information content (AvgIpc) is 2.89. The van der Waals surface area contributed by atoms with Crippen molar-refractivity contribution >= 4 is 22.5 Å². The number of nitrogens with zero attached hydrogens (tertiary/aromatic N) is 1. The first-order valence-electron chi connectivity index (χ1n) is 7.61. The molecule has 0 aliphatic carbocycles. The van der Waals surface area contributed by atoms with Crippen LogP contribution in [0.4, 0.5) is 0 Å². The van der Waals surface area contributed by atoms with Gasteiger partial charge in [-0.1, -0.05) is 60.1 Å². The van der Waals surface area contributed by atoms with Crippen LogP contribution in [0, 0.1) is 0 Å². The van der Waals surface area contributed by atoms with Crippen molar-refractivity contribution in [1.82, 2.24) is 4.90 Å². The lowest BCUT2D eigenvalue weighted by atomic mass is 9.90. The maximum absolute atomic E-state index is 12.6. The highest BCUT2D eigenvalue weighted by Crippen LogP contribution is 2.46. The highest BCUT2D eigenvalue weighted by atomic mass is 35.5. The summed E-state index contributed by atoms with van der Waals surface area (Å²) >= 11 is 6.71. The zero-order valence-electron chi connectivity index (χ0n) is 12.1. The van der Waals surface area contributed by atoms with Gasteiger partial charge < -0.3 is 4.90 Å². The first-order valence-corrected chi connectivity index (χ1v) is 7.99. The molecule has 2 heterocycles. The topological polar surface area (TPSA) is 20.3 Å². The highest BCUT2D eigenvalue weighted by molar-refractivity contribution is 6.49. The molecule has 1 unspecified atom stereocenters. The summed E-state index contributed by atoms with van der Waals surface area (Å²) in [5.74, 6) is 0.135. The van der Waals surface area contributed by atoms with Crippen molar-refractivity contribution in [3.05, 3.63) is 76.9 Å². The van der Waals surface area contributed by atoms with Crippen LogP contribution in [-0.2, 0) is 0 Å². The van der Waals surface area contributed by atoms with Crippen LogP contribution >= 0.6 is 11.6 Å². The van der Waals surface area contributed by atoms with Gasteiger partial charge in [-0.3, -0.25) is 4.79 Å². The van der Waals surface area contributed by atoms with Crippen molar-refractivity contribution in [2.45, 2.75) is 18.9 Å². The van der Waals surface area contributed by atoms with E-state index < -0.39 is 0 Å². The van der Waals surface area contributed by atoms with Gasteiger partial charge in [0.1, 0.15) is 0 Å². The summed E-state index contributed by atoms with van der Waals surface area (Å²) in [5, 5.41) is 0.791. The third-order valence-electron chi connectivity index (χ3n) is 4.54. The number of fused-ring (bicyclic) bond motifs is 3. The lowest BCUT2D eigenvalue weighted by Crippen LogP contribution is -2.34. The molecule has 110 valence electrons. The van der Waals surface area contributed by atoms with Gasteiger partial charge in [0.2, 0.25) is 0 Å². The van der Waals surface area contributed by atoms with Gasteiger partial charge in [-0.05, 0) is 35.6 Å². The molecule has 2 nitrogen and oxygen atoms in total. The van der Waals surface area contributed by atoms with E-state index in [1.165, 1.54) is 0 Å². The first-order chi connectivity index (χ1) is 10.8.